The Labute approximate surface area is 227 Å². The van der Waals surface area contributed by atoms with Gasteiger partial charge in [-0.3, -0.25) is 4.79 Å². The van der Waals surface area contributed by atoms with Crippen LogP contribution in [0, 0.1) is 17.8 Å². The fourth-order valence-electron chi connectivity index (χ4n) is 5.05. The van der Waals surface area contributed by atoms with Crippen LogP contribution in [0.4, 0.5) is 17.3 Å². The molecule has 1 amide bonds. The van der Waals surface area contributed by atoms with Crippen LogP contribution in [0.5, 0.6) is 0 Å². The van der Waals surface area contributed by atoms with Crippen molar-refractivity contribution in [3.8, 4) is 0 Å². The minimum Gasteiger partial charge on any atom is -0.394 e. The van der Waals surface area contributed by atoms with Gasteiger partial charge in [0, 0.05) is 18.8 Å². The van der Waals surface area contributed by atoms with E-state index in [-0.39, 0.29) is 28.6 Å². The van der Waals surface area contributed by atoms with E-state index in [4.69, 9.17) is 4.98 Å². The average molecular weight is 543 g/mol. The number of aromatic nitrogens is 1. The highest BCUT2D eigenvalue weighted by molar-refractivity contribution is 7.91. The van der Waals surface area contributed by atoms with Gasteiger partial charge in [0.05, 0.1) is 28.4 Å². The molecule has 1 aromatic carbocycles. The maximum atomic E-state index is 13.6. The number of hydrogen-bond acceptors (Lipinski definition) is 7. The Balaban J connectivity index is 1.63. The molecule has 3 N–H and O–H groups in total. The largest absolute Gasteiger partial charge is 0.394 e. The molecule has 0 radical (unpaired) electrons. The summed E-state index contributed by atoms with van der Waals surface area (Å²) in [7, 11) is -3.53. The van der Waals surface area contributed by atoms with E-state index in [0.717, 1.165) is 25.9 Å². The minimum atomic E-state index is -3.53. The molecule has 1 aromatic heterocycles. The highest BCUT2D eigenvalue weighted by atomic mass is 32.2. The number of anilines is 3. The summed E-state index contributed by atoms with van der Waals surface area (Å²) >= 11 is 0. The molecule has 208 valence electrons. The highest BCUT2D eigenvalue weighted by Crippen LogP contribution is 2.54. The Morgan fingerprint density at radius 2 is 1.71 bits per heavy atom. The summed E-state index contributed by atoms with van der Waals surface area (Å²) in [6.07, 6.45) is 4.73. The van der Waals surface area contributed by atoms with Gasteiger partial charge in [-0.1, -0.05) is 26.8 Å². The first kappa shape index (κ1) is 28.4. The lowest BCUT2D eigenvalue weighted by Crippen LogP contribution is -2.38. The second-order valence-corrected chi connectivity index (χ2v) is 14.9. The van der Waals surface area contributed by atoms with Crippen molar-refractivity contribution in [2.75, 3.05) is 41.0 Å². The van der Waals surface area contributed by atoms with Gasteiger partial charge in [0.1, 0.15) is 11.6 Å². The van der Waals surface area contributed by atoms with Crippen LogP contribution in [-0.2, 0) is 9.84 Å². The van der Waals surface area contributed by atoms with Crippen molar-refractivity contribution >= 4 is 33.1 Å². The lowest BCUT2D eigenvalue weighted by molar-refractivity contribution is 0.102. The number of nitrogens with one attached hydrogen (secondary N) is 2. The van der Waals surface area contributed by atoms with Gasteiger partial charge in [0.2, 0.25) is 0 Å². The molecule has 1 saturated carbocycles. The Morgan fingerprint density at radius 1 is 1.05 bits per heavy atom. The van der Waals surface area contributed by atoms with Gasteiger partial charge < -0.3 is 20.6 Å². The van der Waals surface area contributed by atoms with E-state index >= 15 is 0 Å². The molecule has 2 aromatic rings. The van der Waals surface area contributed by atoms with Crippen LogP contribution in [0.3, 0.4) is 0 Å². The molecule has 0 bridgehead atoms. The van der Waals surface area contributed by atoms with Crippen LogP contribution in [0.1, 0.15) is 76.2 Å². The summed E-state index contributed by atoms with van der Waals surface area (Å²) in [5.41, 5.74) is 1.04. The van der Waals surface area contributed by atoms with Gasteiger partial charge in [-0.25, -0.2) is 13.4 Å². The average Bonchev–Trinajstić information content (AvgIpc) is 3.57. The number of nitrogens with zero attached hydrogens (tertiary/aromatic N) is 2. The lowest BCUT2D eigenvalue weighted by Gasteiger charge is -2.34. The molecule has 2 aliphatic rings. The number of benzene rings is 1. The van der Waals surface area contributed by atoms with Gasteiger partial charge in [-0.15, -0.1) is 0 Å². The van der Waals surface area contributed by atoms with Crippen molar-refractivity contribution in [2.45, 2.75) is 77.7 Å². The molecule has 8 nitrogen and oxygen atoms in total. The third-order valence-electron chi connectivity index (χ3n) is 7.47. The molecule has 4 rings (SSSR count). The number of carbonyl (C=O) groups is 1. The fraction of sp³-hybridized carbons (Fsp3) is 0.586. The van der Waals surface area contributed by atoms with E-state index in [0.29, 0.717) is 33.9 Å². The summed E-state index contributed by atoms with van der Waals surface area (Å²) in [5.74, 6) is 0.870. The standard InChI is InChI=1S/C29H42N4O4S/c1-20-7-8-21(17-23(20)38(36,37)19-27(2,3)4)30-26(35)22-9-10-24(32-28(5,6)18-34)31-25(22)33-15-13-29(11-12-29)14-16-33/h7-10,17,34H,11-16,18-19H2,1-6H3,(H,30,35)(H,31,32). The van der Waals surface area contributed by atoms with Crippen LogP contribution < -0.4 is 15.5 Å². The van der Waals surface area contributed by atoms with E-state index in [1.54, 1.807) is 37.3 Å². The zero-order valence-corrected chi connectivity index (χ0v) is 24.3. The first-order valence-electron chi connectivity index (χ1n) is 13.4. The molecule has 1 spiro atoms. The minimum absolute atomic E-state index is 0.0153. The number of sulfone groups is 1. The Morgan fingerprint density at radius 3 is 2.29 bits per heavy atom. The number of aliphatic hydroxyl groups is 1. The van der Waals surface area contributed by atoms with Crippen molar-refractivity contribution in [1.82, 2.24) is 4.98 Å². The second-order valence-electron chi connectivity index (χ2n) is 13.0. The van der Waals surface area contributed by atoms with Crippen LogP contribution >= 0.6 is 0 Å². The normalized spacial score (nSPS) is 17.4. The van der Waals surface area contributed by atoms with Crippen LogP contribution in [0.2, 0.25) is 0 Å². The lowest BCUT2D eigenvalue weighted by atomic mass is 9.93. The maximum Gasteiger partial charge on any atom is 0.259 e. The van der Waals surface area contributed by atoms with Gasteiger partial charge in [0.15, 0.2) is 9.84 Å². The topological polar surface area (TPSA) is 112 Å². The summed E-state index contributed by atoms with van der Waals surface area (Å²) in [6, 6.07) is 8.51. The van der Waals surface area contributed by atoms with E-state index in [1.165, 1.54) is 12.8 Å². The molecular formula is C29H42N4O4S. The Bertz CT molecular complexity index is 1300. The summed E-state index contributed by atoms with van der Waals surface area (Å²) in [5, 5.41) is 15.9. The fourth-order valence-corrected chi connectivity index (χ4v) is 7.21. The SMILES string of the molecule is Cc1ccc(NC(=O)c2ccc(NC(C)(C)CO)nc2N2CCC3(CC2)CC3)cc1S(=O)(=O)CC(C)(C)C. The van der Waals surface area contributed by atoms with E-state index in [2.05, 4.69) is 15.5 Å². The predicted octanol–water partition coefficient (Wildman–Crippen LogP) is 5.03. The third kappa shape index (κ3) is 6.67. The molecular weight excluding hydrogens is 500 g/mol. The Kier molecular flexibility index (Phi) is 7.58. The van der Waals surface area contributed by atoms with Crippen LogP contribution in [0.15, 0.2) is 35.2 Å². The Hall–Kier alpha value is -2.65. The predicted molar refractivity (Wildman–Crippen MR) is 153 cm³/mol. The summed E-state index contributed by atoms with van der Waals surface area (Å²) < 4.78 is 26.2. The smallest absolute Gasteiger partial charge is 0.259 e. The summed E-state index contributed by atoms with van der Waals surface area (Å²) in [4.78, 5) is 20.8. The second kappa shape index (κ2) is 10.2. The van der Waals surface area contributed by atoms with Crippen molar-refractivity contribution in [1.29, 1.82) is 0 Å². The van der Waals surface area contributed by atoms with Crippen molar-refractivity contribution in [3.05, 3.63) is 41.5 Å². The third-order valence-corrected chi connectivity index (χ3v) is 9.82. The van der Waals surface area contributed by atoms with E-state index in [9.17, 15) is 18.3 Å². The van der Waals surface area contributed by atoms with Crippen molar-refractivity contribution < 1.29 is 18.3 Å². The summed E-state index contributed by atoms with van der Waals surface area (Å²) in [6.45, 7) is 12.8. The molecule has 1 saturated heterocycles. The zero-order valence-electron chi connectivity index (χ0n) is 23.5. The van der Waals surface area contributed by atoms with Gasteiger partial charge in [0.25, 0.3) is 5.91 Å². The van der Waals surface area contributed by atoms with Gasteiger partial charge >= 0.3 is 0 Å². The number of rotatable bonds is 8. The number of aryl methyl sites for hydroxylation is 1. The van der Waals surface area contributed by atoms with Gasteiger partial charge in [-0.2, -0.15) is 0 Å². The molecule has 0 atom stereocenters. The van der Waals surface area contributed by atoms with E-state index in [1.807, 2.05) is 34.6 Å². The first-order chi connectivity index (χ1) is 17.6. The maximum absolute atomic E-state index is 13.6. The number of piperidine rings is 1. The monoisotopic (exact) mass is 542 g/mol. The van der Waals surface area contributed by atoms with E-state index < -0.39 is 15.4 Å². The molecule has 1 aliphatic heterocycles. The number of pyridine rings is 1. The first-order valence-corrected chi connectivity index (χ1v) is 15.1. The molecule has 2 fully saturated rings. The molecule has 1 aliphatic carbocycles. The number of carbonyl (C=O) groups excluding carboxylic acids is 1. The van der Waals surface area contributed by atoms with Crippen molar-refractivity contribution in [2.24, 2.45) is 10.8 Å². The quantitative estimate of drug-likeness (QED) is 0.429. The van der Waals surface area contributed by atoms with Gasteiger partial charge in [-0.05, 0) is 87.1 Å². The molecule has 0 unspecified atom stereocenters. The number of aliphatic hydroxyl groups excluding tert-OH is 1. The number of hydrogen-bond donors (Lipinski definition) is 3. The van der Waals surface area contributed by atoms with Crippen LogP contribution in [0.25, 0.3) is 0 Å². The highest BCUT2D eigenvalue weighted by Gasteiger charge is 2.45. The van der Waals surface area contributed by atoms with Crippen molar-refractivity contribution in [3.63, 3.8) is 0 Å². The molecule has 9 heteroatoms. The number of amides is 1. The van der Waals surface area contributed by atoms with Crippen LogP contribution in [-0.4, -0.2) is 55.4 Å². The molecule has 38 heavy (non-hydrogen) atoms. The zero-order chi connectivity index (χ0) is 27.9. The molecule has 2 heterocycles.